The summed E-state index contributed by atoms with van der Waals surface area (Å²) in [6, 6.07) is 5.60. The Morgan fingerprint density at radius 3 is 2.70 bits per heavy atom. The Labute approximate surface area is 116 Å². The average molecular weight is 276 g/mol. The van der Waals surface area contributed by atoms with E-state index in [9.17, 15) is 9.18 Å². The van der Waals surface area contributed by atoms with E-state index in [1.165, 1.54) is 23.1 Å². The number of benzene rings is 1. The van der Waals surface area contributed by atoms with E-state index in [-0.39, 0.29) is 17.4 Å². The van der Waals surface area contributed by atoms with Crippen LogP contribution in [0.1, 0.15) is 35.3 Å². The van der Waals surface area contributed by atoms with Crippen LogP contribution in [0.2, 0.25) is 0 Å². The third kappa shape index (κ3) is 2.70. The van der Waals surface area contributed by atoms with Gasteiger partial charge in [0.25, 0.3) is 5.91 Å². The normalized spacial score (nSPS) is 13.9. The van der Waals surface area contributed by atoms with Crippen LogP contribution in [0.25, 0.3) is 0 Å². The summed E-state index contributed by atoms with van der Waals surface area (Å²) < 4.78 is 15.5. The smallest absolute Gasteiger partial charge is 0.251 e. The molecule has 0 fully saturated rings. The van der Waals surface area contributed by atoms with Gasteiger partial charge < -0.3 is 11.5 Å². The second-order valence-electron chi connectivity index (χ2n) is 4.61. The summed E-state index contributed by atoms with van der Waals surface area (Å²) in [5.74, 6) is -0.925. The molecule has 0 aliphatic rings. The minimum Gasteiger partial charge on any atom is -0.366 e. The predicted octanol–water partition coefficient (Wildman–Crippen LogP) is 1.45. The fraction of sp³-hybridized carbons (Fsp3) is 0.286. The van der Waals surface area contributed by atoms with Crippen LogP contribution in [-0.2, 0) is 0 Å². The van der Waals surface area contributed by atoms with Crippen LogP contribution in [0.3, 0.4) is 0 Å². The van der Waals surface area contributed by atoms with Crippen LogP contribution < -0.4 is 11.5 Å². The number of halogens is 1. The molecule has 20 heavy (non-hydrogen) atoms. The molecule has 0 aliphatic carbocycles. The minimum absolute atomic E-state index is 0.273. The van der Waals surface area contributed by atoms with Crippen molar-refractivity contribution in [1.29, 1.82) is 0 Å². The number of carbonyl (C=O) groups excluding carboxylic acids is 1. The first-order chi connectivity index (χ1) is 9.54. The minimum atomic E-state index is -0.575. The van der Waals surface area contributed by atoms with Gasteiger partial charge in [-0.1, -0.05) is 25.1 Å². The molecule has 2 aromatic rings. The lowest BCUT2D eigenvalue weighted by Gasteiger charge is -2.24. The monoisotopic (exact) mass is 276 g/mol. The highest BCUT2D eigenvalue weighted by atomic mass is 19.1. The Hall–Kier alpha value is -2.21. The first-order valence-electron chi connectivity index (χ1n) is 6.38. The van der Waals surface area contributed by atoms with Crippen molar-refractivity contribution in [3.63, 3.8) is 0 Å². The number of nitrogens with zero attached hydrogens (tertiary/aromatic N) is 2. The Bertz CT molecular complexity index is 611. The second-order valence-corrected chi connectivity index (χ2v) is 4.61. The van der Waals surface area contributed by atoms with E-state index in [4.69, 9.17) is 11.5 Å². The summed E-state index contributed by atoms with van der Waals surface area (Å²) in [5, 5.41) is 4.09. The lowest BCUT2D eigenvalue weighted by atomic mass is 9.97. The van der Waals surface area contributed by atoms with Crippen molar-refractivity contribution in [2.24, 2.45) is 11.5 Å². The highest BCUT2D eigenvalue weighted by Gasteiger charge is 2.24. The molecule has 1 aromatic heterocycles. The molecular formula is C14H17FN4O. The van der Waals surface area contributed by atoms with Gasteiger partial charge in [-0.05, 0) is 12.5 Å². The molecule has 4 N–H and O–H groups in total. The molecule has 1 aromatic carbocycles. The molecule has 2 rings (SSSR count). The molecule has 0 bridgehead atoms. The Kier molecular flexibility index (Phi) is 4.14. The summed E-state index contributed by atoms with van der Waals surface area (Å²) in [5.41, 5.74) is 12.0. The lowest BCUT2D eigenvalue weighted by molar-refractivity contribution is 0.1000. The number of nitrogens with two attached hydrogens (primary N) is 2. The van der Waals surface area contributed by atoms with Gasteiger partial charge in [-0.3, -0.25) is 9.48 Å². The van der Waals surface area contributed by atoms with Gasteiger partial charge in [0.2, 0.25) is 0 Å². The highest BCUT2D eigenvalue weighted by molar-refractivity contribution is 5.92. The first-order valence-corrected chi connectivity index (χ1v) is 6.38. The molecule has 6 heteroatoms. The molecule has 0 saturated carbocycles. The summed E-state index contributed by atoms with van der Waals surface area (Å²) >= 11 is 0. The van der Waals surface area contributed by atoms with Crippen molar-refractivity contribution >= 4 is 5.91 Å². The van der Waals surface area contributed by atoms with E-state index in [0.29, 0.717) is 12.0 Å². The van der Waals surface area contributed by atoms with Crippen molar-refractivity contribution in [3.8, 4) is 0 Å². The average Bonchev–Trinajstić information content (AvgIpc) is 2.90. The zero-order valence-corrected chi connectivity index (χ0v) is 11.2. The Balaban J connectivity index is 2.47. The molecule has 2 unspecified atom stereocenters. The summed E-state index contributed by atoms with van der Waals surface area (Å²) in [6.07, 6.45) is 3.50. The van der Waals surface area contributed by atoms with Crippen LogP contribution in [0.15, 0.2) is 36.7 Å². The van der Waals surface area contributed by atoms with Gasteiger partial charge in [-0.25, -0.2) is 4.39 Å². The number of hydrogen-bond donors (Lipinski definition) is 2. The van der Waals surface area contributed by atoms with Crippen molar-refractivity contribution in [3.05, 3.63) is 53.6 Å². The number of primary amides is 1. The van der Waals surface area contributed by atoms with Crippen molar-refractivity contribution in [2.45, 2.75) is 25.4 Å². The first kappa shape index (κ1) is 14.2. The summed E-state index contributed by atoms with van der Waals surface area (Å²) in [6.45, 7) is 1.91. The van der Waals surface area contributed by atoms with E-state index in [1.807, 2.05) is 6.92 Å². The van der Waals surface area contributed by atoms with Crippen LogP contribution >= 0.6 is 0 Å². The van der Waals surface area contributed by atoms with E-state index < -0.39 is 11.9 Å². The predicted molar refractivity (Wildman–Crippen MR) is 73.6 cm³/mol. The fourth-order valence-corrected chi connectivity index (χ4v) is 2.12. The van der Waals surface area contributed by atoms with E-state index in [2.05, 4.69) is 5.10 Å². The topological polar surface area (TPSA) is 86.9 Å². The number of aromatic nitrogens is 2. The maximum Gasteiger partial charge on any atom is 0.251 e. The third-order valence-corrected chi connectivity index (χ3v) is 3.27. The van der Waals surface area contributed by atoms with Crippen LogP contribution in [0.5, 0.6) is 0 Å². The van der Waals surface area contributed by atoms with Gasteiger partial charge >= 0.3 is 0 Å². The van der Waals surface area contributed by atoms with E-state index in [1.54, 1.807) is 18.2 Å². The van der Waals surface area contributed by atoms with Crippen molar-refractivity contribution in [2.75, 3.05) is 0 Å². The second kappa shape index (κ2) is 5.83. The number of hydrogen-bond acceptors (Lipinski definition) is 3. The SMILES string of the molecule is CCC(N)C(c1ccccc1F)n1cc(C(N)=O)cn1. The zero-order chi connectivity index (χ0) is 14.7. The lowest BCUT2D eigenvalue weighted by Crippen LogP contribution is -2.33. The molecule has 5 nitrogen and oxygen atoms in total. The molecule has 106 valence electrons. The van der Waals surface area contributed by atoms with Crippen molar-refractivity contribution < 1.29 is 9.18 Å². The largest absolute Gasteiger partial charge is 0.366 e. The van der Waals surface area contributed by atoms with Gasteiger partial charge in [0.15, 0.2) is 0 Å². The molecule has 0 aliphatic heterocycles. The molecule has 1 amide bonds. The van der Waals surface area contributed by atoms with E-state index >= 15 is 0 Å². The fourth-order valence-electron chi connectivity index (χ4n) is 2.12. The molecule has 0 saturated heterocycles. The maximum absolute atomic E-state index is 14.0. The summed E-state index contributed by atoms with van der Waals surface area (Å²) in [7, 11) is 0. The van der Waals surface area contributed by atoms with Crippen molar-refractivity contribution in [1.82, 2.24) is 9.78 Å². The van der Waals surface area contributed by atoms with Gasteiger partial charge in [-0.2, -0.15) is 5.10 Å². The molecule has 2 atom stereocenters. The summed E-state index contributed by atoms with van der Waals surface area (Å²) in [4.78, 5) is 11.1. The van der Waals surface area contributed by atoms with Gasteiger partial charge in [0, 0.05) is 17.8 Å². The van der Waals surface area contributed by atoms with Crippen LogP contribution in [-0.4, -0.2) is 21.7 Å². The zero-order valence-electron chi connectivity index (χ0n) is 11.2. The van der Waals surface area contributed by atoms with Gasteiger partial charge in [0.05, 0.1) is 17.8 Å². The molecule has 0 radical (unpaired) electrons. The quantitative estimate of drug-likeness (QED) is 0.866. The van der Waals surface area contributed by atoms with E-state index in [0.717, 1.165) is 0 Å². The number of rotatable bonds is 5. The Morgan fingerprint density at radius 1 is 1.45 bits per heavy atom. The van der Waals surface area contributed by atoms with Gasteiger partial charge in [-0.15, -0.1) is 0 Å². The van der Waals surface area contributed by atoms with Gasteiger partial charge in [0.1, 0.15) is 5.82 Å². The molecular weight excluding hydrogens is 259 g/mol. The third-order valence-electron chi connectivity index (χ3n) is 3.27. The standard InChI is InChI=1S/C14H17FN4O/c1-2-12(16)13(10-5-3-4-6-11(10)15)19-8-9(7-18-19)14(17)20/h3-8,12-13H,2,16H2,1H3,(H2,17,20). The maximum atomic E-state index is 14.0. The van der Waals surface area contributed by atoms with Crippen LogP contribution in [0.4, 0.5) is 4.39 Å². The number of amides is 1. The molecule has 0 spiro atoms. The Morgan fingerprint density at radius 2 is 2.15 bits per heavy atom. The van der Waals surface area contributed by atoms with Crippen LogP contribution in [0, 0.1) is 5.82 Å². The number of carbonyl (C=O) groups is 1. The highest BCUT2D eigenvalue weighted by Crippen LogP contribution is 2.25. The molecule has 1 heterocycles.